The standard InChI is InChI=1S/C14H19ClF2N2OS/c1-13(2,3)21(20)19-8-5-4-7-14(16,17)12-10-11(15)6-9-18-12/h6,8-10H,4-5,7H2,1-3H3/b19-8+/t21-/m1/s1. The number of aromatic nitrogens is 1. The van der Waals surface area contributed by atoms with E-state index in [0.717, 1.165) is 0 Å². The molecule has 0 radical (unpaired) electrons. The van der Waals surface area contributed by atoms with Crippen molar-refractivity contribution in [3.05, 3.63) is 29.0 Å². The summed E-state index contributed by atoms with van der Waals surface area (Å²) in [7, 11) is 0. The molecule has 0 amide bonds. The summed E-state index contributed by atoms with van der Waals surface area (Å²) in [6, 6.07) is 2.62. The molecule has 1 aromatic rings. The van der Waals surface area contributed by atoms with E-state index in [1.807, 2.05) is 0 Å². The third kappa shape index (κ3) is 6.28. The SMILES string of the molecule is CC(C)(C)[S@@+]([O-])/N=C/CCCC(F)(F)c1cc(Cl)ccn1. The summed E-state index contributed by atoms with van der Waals surface area (Å²) in [6.07, 6.45) is 2.93. The second kappa shape index (κ2) is 7.51. The number of pyridine rings is 1. The molecule has 0 bridgehead atoms. The van der Waals surface area contributed by atoms with Crippen LogP contribution in [-0.4, -0.2) is 20.5 Å². The fourth-order valence-electron chi connectivity index (χ4n) is 1.43. The summed E-state index contributed by atoms with van der Waals surface area (Å²) in [4.78, 5) is 3.65. The van der Waals surface area contributed by atoms with Crippen LogP contribution in [0.3, 0.4) is 0 Å². The highest BCUT2D eigenvalue weighted by Crippen LogP contribution is 2.32. The van der Waals surface area contributed by atoms with Crippen LogP contribution in [-0.2, 0) is 17.3 Å². The van der Waals surface area contributed by atoms with Crippen LogP contribution in [0.2, 0.25) is 5.02 Å². The molecule has 1 aromatic heterocycles. The van der Waals surface area contributed by atoms with Crippen LogP contribution in [0.15, 0.2) is 22.7 Å². The van der Waals surface area contributed by atoms with E-state index in [1.54, 1.807) is 20.8 Å². The van der Waals surface area contributed by atoms with Crippen LogP contribution in [0, 0.1) is 0 Å². The Hall–Kier alpha value is -0.720. The first-order chi connectivity index (χ1) is 9.63. The maximum absolute atomic E-state index is 13.9. The van der Waals surface area contributed by atoms with Crippen molar-refractivity contribution in [3.63, 3.8) is 0 Å². The Morgan fingerprint density at radius 2 is 2.10 bits per heavy atom. The van der Waals surface area contributed by atoms with Gasteiger partial charge >= 0.3 is 0 Å². The molecule has 21 heavy (non-hydrogen) atoms. The summed E-state index contributed by atoms with van der Waals surface area (Å²) in [5, 5.41) is 0.238. The second-order valence-electron chi connectivity index (χ2n) is 5.61. The van der Waals surface area contributed by atoms with Crippen LogP contribution in [0.1, 0.15) is 45.7 Å². The van der Waals surface area contributed by atoms with Gasteiger partial charge in [0.2, 0.25) is 0 Å². The minimum atomic E-state index is -3.03. The number of nitrogens with zero attached hydrogens (tertiary/aromatic N) is 2. The molecule has 118 valence electrons. The van der Waals surface area contributed by atoms with Crippen molar-refractivity contribution < 1.29 is 13.3 Å². The van der Waals surface area contributed by atoms with Gasteiger partial charge < -0.3 is 4.55 Å². The molecule has 0 fully saturated rings. The van der Waals surface area contributed by atoms with Gasteiger partial charge in [-0.05, 0) is 45.7 Å². The summed E-state index contributed by atoms with van der Waals surface area (Å²) in [6.45, 7) is 5.41. The van der Waals surface area contributed by atoms with Crippen molar-refractivity contribution in [1.29, 1.82) is 0 Å². The third-order valence-corrected chi connectivity index (χ3v) is 4.24. The number of halogens is 3. The monoisotopic (exact) mass is 336 g/mol. The Morgan fingerprint density at radius 3 is 2.67 bits per heavy atom. The van der Waals surface area contributed by atoms with Gasteiger partial charge in [0.1, 0.15) is 21.8 Å². The zero-order valence-corrected chi connectivity index (χ0v) is 13.8. The maximum Gasteiger partial charge on any atom is 0.289 e. The number of hydrogen-bond acceptors (Lipinski definition) is 3. The fraction of sp³-hybridized carbons (Fsp3) is 0.571. The minimum absolute atomic E-state index is 0.228. The first kappa shape index (κ1) is 18.3. The lowest BCUT2D eigenvalue weighted by molar-refractivity contribution is -0.0190. The molecule has 0 N–H and O–H groups in total. The highest BCUT2D eigenvalue weighted by molar-refractivity contribution is 7.91. The second-order valence-corrected chi connectivity index (χ2v) is 7.98. The smallest absolute Gasteiger partial charge is 0.289 e. The molecule has 1 rings (SSSR count). The molecule has 0 aliphatic carbocycles. The molecular weight excluding hydrogens is 318 g/mol. The maximum atomic E-state index is 13.9. The third-order valence-electron chi connectivity index (χ3n) is 2.61. The first-order valence-corrected chi connectivity index (χ1v) is 8.06. The molecule has 3 nitrogen and oxygen atoms in total. The Kier molecular flexibility index (Phi) is 6.56. The Bertz CT molecular complexity index is 492. The van der Waals surface area contributed by atoms with Crippen LogP contribution >= 0.6 is 11.6 Å². The van der Waals surface area contributed by atoms with Crippen molar-refractivity contribution in [2.24, 2.45) is 4.40 Å². The number of alkyl halides is 2. The molecule has 0 aromatic carbocycles. The topological polar surface area (TPSA) is 48.3 Å². The van der Waals surface area contributed by atoms with Gasteiger partial charge in [-0.25, -0.2) is 0 Å². The Labute approximate surface area is 132 Å². The Balaban J connectivity index is 2.46. The number of rotatable bonds is 6. The average Bonchev–Trinajstić information content (AvgIpc) is 2.37. The first-order valence-electron chi connectivity index (χ1n) is 6.57. The molecule has 0 spiro atoms. The quantitative estimate of drug-likeness (QED) is 0.435. The molecule has 0 aliphatic rings. The summed E-state index contributed by atoms with van der Waals surface area (Å²) >= 11 is 4.33. The van der Waals surface area contributed by atoms with Crippen molar-refractivity contribution in [2.45, 2.75) is 50.7 Å². The van der Waals surface area contributed by atoms with Gasteiger partial charge in [-0.2, -0.15) is 8.78 Å². The van der Waals surface area contributed by atoms with Crippen molar-refractivity contribution in [3.8, 4) is 0 Å². The van der Waals surface area contributed by atoms with E-state index in [1.165, 1.54) is 24.5 Å². The van der Waals surface area contributed by atoms with E-state index < -0.39 is 22.0 Å². The van der Waals surface area contributed by atoms with Gasteiger partial charge in [-0.1, -0.05) is 16.0 Å². The average molecular weight is 337 g/mol. The highest BCUT2D eigenvalue weighted by Gasteiger charge is 2.32. The van der Waals surface area contributed by atoms with E-state index in [0.29, 0.717) is 6.42 Å². The van der Waals surface area contributed by atoms with Crippen LogP contribution in [0.25, 0.3) is 0 Å². The van der Waals surface area contributed by atoms with E-state index in [9.17, 15) is 13.3 Å². The highest BCUT2D eigenvalue weighted by atomic mass is 35.5. The van der Waals surface area contributed by atoms with Gasteiger partial charge in [-0.15, -0.1) is 0 Å². The molecule has 0 saturated heterocycles. The molecular formula is C14H19ClF2N2OS. The van der Waals surface area contributed by atoms with Crippen LogP contribution < -0.4 is 0 Å². The molecule has 0 saturated carbocycles. The number of hydrogen-bond donors (Lipinski definition) is 0. The molecule has 7 heteroatoms. The van der Waals surface area contributed by atoms with Crippen molar-refractivity contribution in [2.75, 3.05) is 0 Å². The predicted molar refractivity (Wildman–Crippen MR) is 83.4 cm³/mol. The van der Waals surface area contributed by atoms with Gasteiger partial charge in [0.05, 0.1) is 6.21 Å². The van der Waals surface area contributed by atoms with Gasteiger partial charge in [0.25, 0.3) is 5.92 Å². The molecule has 0 unspecified atom stereocenters. The van der Waals surface area contributed by atoms with E-state index in [2.05, 4.69) is 9.38 Å². The predicted octanol–water partition coefficient (Wildman–Crippen LogP) is 4.53. The zero-order chi connectivity index (χ0) is 16.1. The van der Waals surface area contributed by atoms with E-state index >= 15 is 0 Å². The van der Waals surface area contributed by atoms with Crippen LogP contribution in [0.4, 0.5) is 8.78 Å². The zero-order valence-electron chi connectivity index (χ0n) is 12.3. The largest absolute Gasteiger partial charge is 0.591 e. The van der Waals surface area contributed by atoms with Crippen molar-refractivity contribution >= 4 is 29.2 Å². The number of unbranched alkanes of at least 4 members (excludes halogenated alkanes) is 1. The van der Waals surface area contributed by atoms with Crippen LogP contribution in [0.5, 0.6) is 0 Å². The van der Waals surface area contributed by atoms with Gasteiger partial charge in [-0.3, -0.25) is 4.98 Å². The fourth-order valence-corrected chi connectivity index (χ4v) is 2.14. The van der Waals surface area contributed by atoms with Gasteiger partial charge in [0, 0.05) is 17.6 Å². The van der Waals surface area contributed by atoms with Gasteiger partial charge in [0.15, 0.2) is 0 Å². The summed E-state index contributed by atoms with van der Waals surface area (Å²) in [5.41, 5.74) is -0.329. The normalized spacial score (nSPS) is 14.6. The molecule has 1 heterocycles. The van der Waals surface area contributed by atoms with E-state index in [4.69, 9.17) is 11.6 Å². The summed E-state index contributed by atoms with van der Waals surface area (Å²) in [5.74, 6) is -3.03. The Morgan fingerprint density at radius 1 is 1.43 bits per heavy atom. The molecule has 1 atom stereocenters. The summed E-state index contributed by atoms with van der Waals surface area (Å²) < 4.78 is 42.8. The lowest BCUT2D eigenvalue weighted by Gasteiger charge is -2.18. The minimum Gasteiger partial charge on any atom is -0.591 e. The molecule has 0 aliphatic heterocycles. The lowest BCUT2D eigenvalue weighted by Crippen LogP contribution is -2.25. The lowest BCUT2D eigenvalue weighted by atomic mass is 10.1. The van der Waals surface area contributed by atoms with Crippen molar-refractivity contribution in [1.82, 2.24) is 4.98 Å². The van der Waals surface area contributed by atoms with E-state index in [-0.39, 0.29) is 23.6 Å².